The van der Waals surface area contributed by atoms with E-state index in [0.717, 1.165) is 16.5 Å². The molecule has 0 bridgehead atoms. The molecule has 0 spiro atoms. The third-order valence-electron chi connectivity index (χ3n) is 3.74. The predicted molar refractivity (Wildman–Crippen MR) is 85.2 cm³/mol. The number of para-hydroxylation sites is 1. The molecule has 4 rings (SSSR count). The average molecular weight is 343 g/mol. The quantitative estimate of drug-likeness (QED) is 0.559. The van der Waals surface area contributed by atoms with E-state index in [4.69, 9.17) is 4.52 Å². The van der Waals surface area contributed by atoms with E-state index in [9.17, 15) is 8.42 Å². The normalized spacial score (nSPS) is 12.2. The maximum absolute atomic E-state index is 12.8. The summed E-state index contributed by atoms with van der Waals surface area (Å²) < 4.78 is 31.9. The number of hydrogen-bond donors (Lipinski definition) is 0. The lowest BCUT2D eigenvalue weighted by molar-refractivity contribution is 0.388. The molecule has 0 fully saturated rings. The number of hydrogen-bond acceptors (Lipinski definition) is 7. The standard InChI is InChI=1S/C15H13N5O3S/c1-9-7-14-17-18-15(20(14)12-6-4-3-5-11(9)12)24(21,22)8-13-16-10(2)23-19-13/h3-7H,8H2,1-2H3. The van der Waals surface area contributed by atoms with Crippen LogP contribution >= 0.6 is 0 Å². The molecule has 0 atom stereocenters. The van der Waals surface area contributed by atoms with Crippen LogP contribution in [0.5, 0.6) is 0 Å². The van der Waals surface area contributed by atoms with Gasteiger partial charge in [0.1, 0.15) is 5.75 Å². The van der Waals surface area contributed by atoms with E-state index in [2.05, 4.69) is 20.3 Å². The number of aromatic nitrogens is 5. The van der Waals surface area contributed by atoms with Crippen molar-refractivity contribution in [2.75, 3.05) is 0 Å². The maximum Gasteiger partial charge on any atom is 0.255 e. The summed E-state index contributed by atoms with van der Waals surface area (Å²) in [5, 5.41) is 12.4. The number of nitrogens with zero attached hydrogens (tertiary/aromatic N) is 5. The molecule has 24 heavy (non-hydrogen) atoms. The van der Waals surface area contributed by atoms with Gasteiger partial charge in [-0.15, -0.1) is 10.2 Å². The van der Waals surface area contributed by atoms with Crippen LogP contribution < -0.4 is 0 Å². The molecule has 0 amide bonds. The minimum Gasteiger partial charge on any atom is -0.340 e. The van der Waals surface area contributed by atoms with Gasteiger partial charge in [-0.2, -0.15) is 4.98 Å². The molecule has 0 saturated heterocycles. The van der Waals surface area contributed by atoms with Gasteiger partial charge < -0.3 is 4.52 Å². The van der Waals surface area contributed by atoms with Crippen molar-refractivity contribution in [3.8, 4) is 0 Å². The second-order valence-corrected chi connectivity index (χ2v) is 7.39. The van der Waals surface area contributed by atoms with Crippen LogP contribution in [0.15, 0.2) is 40.0 Å². The molecular weight excluding hydrogens is 330 g/mol. The van der Waals surface area contributed by atoms with E-state index in [0.29, 0.717) is 11.5 Å². The van der Waals surface area contributed by atoms with Crippen LogP contribution in [0.1, 0.15) is 17.3 Å². The van der Waals surface area contributed by atoms with Gasteiger partial charge in [-0.3, -0.25) is 4.40 Å². The first-order valence-electron chi connectivity index (χ1n) is 7.21. The predicted octanol–water partition coefficient (Wildman–Crippen LogP) is 1.86. The van der Waals surface area contributed by atoms with Gasteiger partial charge >= 0.3 is 0 Å². The van der Waals surface area contributed by atoms with Gasteiger partial charge in [-0.25, -0.2) is 8.42 Å². The smallest absolute Gasteiger partial charge is 0.255 e. The van der Waals surface area contributed by atoms with Gasteiger partial charge in [0, 0.05) is 12.3 Å². The van der Waals surface area contributed by atoms with E-state index in [1.807, 2.05) is 37.3 Å². The molecule has 3 heterocycles. The lowest BCUT2D eigenvalue weighted by Gasteiger charge is -2.07. The van der Waals surface area contributed by atoms with Crippen LogP contribution in [-0.4, -0.2) is 33.2 Å². The van der Waals surface area contributed by atoms with Gasteiger partial charge in [0.25, 0.3) is 5.16 Å². The Bertz CT molecular complexity index is 1180. The van der Waals surface area contributed by atoms with E-state index in [1.165, 1.54) is 0 Å². The second kappa shape index (κ2) is 5.10. The molecule has 0 N–H and O–H groups in total. The van der Waals surface area contributed by atoms with Crippen LogP contribution in [0.3, 0.4) is 0 Å². The molecule has 1 aromatic carbocycles. The van der Waals surface area contributed by atoms with Crippen molar-refractivity contribution < 1.29 is 12.9 Å². The number of sulfone groups is 1. The summed E-state index contributed by atoms with van der Waals surface area (Å²) >= 11 is 0. The van der Waals surface area contributed by atoms with Gasteiger partial charge in [-0.05, 0) is 24.6 Å². The Kier molecular flexibility index (Phi) is 3.14. The zero-order valence-corrected chi connectivity index (χ0v) is 13.8. The fraction of sp³-hybridized carbons (Fsp3) is 0.200. The number of aryl methyl sites for hydroxylation is 2. The third kappa shape index (κ3) is 2.24. The highest BCUT2D eigenvalue weighted by molar-refractivity contribution is 7.90. The minimum atomic E-state index is -3.78. The van der Waals surface area contributed by atoms with Crippen LogP contribution in [0, 0.1) is 13.8 Å². The number of benzene rings is 1. The molecule has 9 heteroatoms. The fourth-order valence-corrected chi connectivity index (χ4v) is 3.93. The molecule has 0 aliphatic carbocycles. The molecule has 0 aliphatic heterocycles. The monoisotopic (exact) mass is 343 g/mol. The molecule has 4 aromatic rings. The van der Waals surface area contributed by atoms with Gasteiger partial charge in [0.05, 0.1) is 5.52 Å². The molecule has 8 nitrogen and oxygen atoms in total. The molecular formula is C15H13N5O3S. The Morgan fingerprint density at radius 3 is 2.71 bits per heavy atom. The van der Waals surface area contributed by atoms with Crippen LogP contribution in [0.2, 0.25) is 0 Å². The Morgan fingerprint density at radius 2 is 1.96 bits per heavy atom. The van der Waals surface area contributed by atoms with Crippen LogP contribution in [-0.2, 0) is 15.6 Å². The van der Waals surface area contributed by atoms with Crippen molar-refractivity contribution in [3.05, 3.63) is 47.6 Å². The largest absolute Gasteiger partial charge is 0.340 e. The van der Waals surface area contributed by atoms with E-state index in [-0.39, 0.29) is 11.0 Å². The third-order valence-corrected chi connectivity index (χ3v) is 5.20. The van der Waals surface area contributed by atoms with Gasteiger partial charge in [0.2, 0.25) is 15.7 Å². The number of rotatable bonds is 3. The van der Waals surface area contributed by atoms with Gasteiger partial charge in [0.15, 0.2) is 11.5 Å². The first-order valence-corrected chi connectivity index (χ1v) is 8.86. The van der Waals surface area contributed by atoms with Crippen LogP contribution in [0.25, 0.3) is 16.6 Å². The maximum atomic E-state index is 12.8. The lowest BCUT2D eigenvalue weighted by Crippen LogP contribution is -2.11. The first-order chi connectivity index (χ1) is 11.5. The SMILES string of the molecule is Cc1nc(CS(=O)(=O)c2nnc3cc(C)c4ccccc4n23)no1. The Balaban J connectivity index is 1.95. The summed E-state index contributed by atoms with van der Waals surface area (Å²) in [6.07, 6.45) is 0. The van der Waals surface area contributed by atoms with E-state index < -0.39 is 15.6 Å². The molecule has 0 saturated carbocycles. The molecule has 122 valence electrons. The molecule has 0 aliphatic rings. The van der Waals surface area contributed by atoms with Gasteiger partial charge in [-0.1, -0.05) is 23.4 Å². The summed E-state index contributed by atoms with van der Waals surface area (Å²) in [5.41, 5.74) is 2.22. The number of pyridine rings is 1. The summed E-state index contributed by atoms with van der Waals surface area (Å²) in [5.74, 6) is 0.0147. The fourth-order valence-electron chi connectivity index (χ4n) is 2.71. The topological polar surface area (TPSA) is 103 Å². The van der Waals surface area contributed by atoms with Crippen molar-refractivity contribution in [1.29, 1.82) is 0 Å². The van der Waals surface area contributed by atoms with Crippen LogP contribution in [0.4, 0.5) is 0 Å². The van der Waals surface area contributed by atoms with Crippen molar-refractivity contribution in [1.82, 2.24) is 24.7 Å². The van der Waals surface area contributed by atoms with Crippen molar-refractivity contribution >= 4 is 26.4 Å². The second-order valence-electron chi connectivity index (χ2n) is 5.51. The average Bonchev–Trinajstić information content (AvgIpc) is 3.14. The lowest BCUT2D eigenvalue weighted by atomic mass is 10.1. The zero-order valence-electron chi connectivity index (χ0n) is 13.0. The molecule has 0 unspecified atom stereocenters. The highest BCUT2D eigenvalue weighted by Crippen LogP contribution is 2.24. The first kappa shape index (κ1) is 14.8. The summed E-state index contributed by atoms with van der Waals surface area (Å²) in [7, 11) is -3.78. The Hall–Kier alpha value is -2.81. The minimum absolute atomic E-state index is 0.0978. The summed E-state index contributed by atoms with van der Waals surface area (Å²) in [4.78, 5) is 3.95. The van der Waals surface area contributed by atoms with Crippen molar-refractivity contribution in [2.24, 2.45) is 0 Å². The highest BCUT2D eigenvalue weighted by atomic mass is 32.2. The van der Waals surface area contributed by atoms with Crippen molar-refractivity contribution in [2.45, 2.75) is 24.8 Å². The molecule has 0 radical (unpaired) electrons. The van der Waals surface area contributed by atoms with E-state index in [1.54, 1.807) is 11.3 Å². The zero-order chi connectivity index (χ0) is 16.9. The Labute approximate surface area is 137 Å². The Morgan fingerprint density at radius 1 is 1.17 bits per heavy atom. The highest BCUT2D eigenvalue weighted by Gasteiger charge is 2.26. The summed E-state index contributed by atoms with van der Waals surface area (Å²) in [6.45, 7) is 3.55. The molecule has 3 aromatic heterocycles. The van der Waals surface area contributed by atoms with Crippen molar-refractivity contribution in [3.63, 3.8) is 0 Å². The van der Waals surface area contributed by atoms with E-state index >= 15 is 0 Å². The summed E-state index contributed by atoms with van der Waals surface area (Å²) in [6, 6.07) is 9.34. The number of fused-ring (bicyclic) bond motifs is 3.